The zero-order valence-corrected chi connectivity index (χ0v) is 16.1. The standard InChI is InChI=1S/C14H19ClN6O.HI/c1-16-14(18-9-13-19-10-20-21(13)2)17-6-7-22-12-5-3-4-11(15)8-12;/h3-5,8,10H,6-7,9H2,1-2H3,(H2,16,17,18);1H. The molecule has 2 aromatic rings. The zero-order chi connectivity index (χ0) is 15.8. The van der Waals surface area contributed by atoms with E-state index in [2.05, 4.69) is 25.7 Å². The molecular formula is C14H20ClIN6O. The maximum atomic E-state index is 5.90. The van der Waals surface area contributed by atoms with Gasteiger partial charge >= 0.3 is 0 Å². The van der Waals surface area contributed by atoms with Gasteiger partial charge in [0, 0.05) is 19.1 Å². The molecule has 2 N–H and O–H groups in total. The van der Waals surface area contributed by atoms with E-state index in [4.69, 9.17) is 16.3 Å². The quantitative estimate of drug-likeness (QED) is 0.304. The molecular weight excluding hydrogens is 431 g/mol. The van der Waals surface area contributed by atoms with Gasteiger partial charge in [-0.3, -0.25) is 9.67 Å². The molecule has 0 atom stereocenters. The smallest absolute Gasteiger partial charge is 0.191 e. The van der Waals surface area contributed by atoms with Crippen LogP contribution in [0, 0.1) is 0 Å². The van der Waals surface area contributed by atoms with Gasteiger partial charge in [0.25, 0.3) is 0 Å². The third-order valence-electron chi connectivity index (χ3n) is 2.90. The SMILES string of the molecule is CN=C(NCCOc1cccc(Cl)c1)NCc1ncnn1C.I. The van der Waals surface area contributed by atoms with Crippen molar-refractivity contribution in [2.24, 2.45) is 12.0 Å². The summed E-state index contributed by atoms with van der Waals surface area (Å²) in [4.78, 5) is 8.27. The number of guanidine groups is 1. The van der Waals surface area contributed by atoms with Gasteiger partial charge in [0.15, 0.2) is 5.96 Å². The van der Waals surface area contributed by atoms with E-state index in [1.807, 2.05) is 25.2 Å². The van der Waals surface area contributed by atoms with Crippen LogP contribution in [-0.2, 0) is 13.6 Å². The predicted octanol–water partition coefficient (Wildman–Crippen LogP) is 1.83. The molecule has 0 radical (unpaired) electrons. The number of aryl methyl sites for hydroxylation is 1. The van der Waals surface area contributed by atoms with Crippen LogP contribution in [0.15, 0.2) is 35.6 Å². The molecule has 126 valence electrons. The molecule has 2 rings (SSSR count). The number of nitrogens with zero attached hydrogens (tertiary/aromatic N) is 4. The highest BCUT2D eigenvalue weighted by atomic mass is 127. The van der Waals surface area contributed by atoms with Gasteiger partial charge in [-0.15, -0.1) is 24.0 Å². The van der Waals surface area contributed by atoms with E-state index in [9.17, 15) is 0 Å². The van der Waals surface area contributed by atoms with Crippen molar-refractivity contribution in [3.05, 3.63) is 41.4 Å². The lowest BCUT2D eigenvalue weighted by Gasteiger charge is -2.12. The van der Waals surface area contributed by atoms with Crippen LogP contribution in [0.25, 0.3) is 0 Å². The second-order valence-electron chi connectivity index (χ2n) is 4.46. The summed E-state index contributed by atoms with van der Waals surface area (Å²) < 4.78 is 7.31. The van der Waals surface area contributed by atoms with Crippen molar-refractivity contribution in [3.63, 3.8) is 0 Å². The summed E-state index contributed by atoms with van der Waals surface area (Å²) in [5.74, 6) is 2.26. The molecule has 0 unspecified atom stereocenters. The van der Waals surface area contributed by atoms with Gasteiger partial charge in [0.1, 0.15) is 24.5 Å². The maximum absolute atomic E-state index is 5.90. The van der Waals surface area contributed by atoms with Crippen molar-refractivity contribution in [3.8, 4) is 5.75 Å². The number of aromatic nitrogens is 3. The molecule has 1 heterocycles. The first-order chi connectivity index (χ1) is 10.7. The summed E-state index contributed by atoms with van der Waals surface area (Å²) in [6.45, 7) is 1.67. The highest BCUT2D eigenvalue weighted by Gasteiger charge is 2.02. The molecule has 0 amide bonds. The van der Waals surface area contributed by atoms with Gasteiger partial charge in [0.05, 0.1) is 13.1 Å². The molecule has 0 saturated carbocycles. The number of rotatable bonds is 6. The Labute approximate surface area is 157 Å². The van der Waals surface area contributed by atoms with Gasteiger partial charge in [-0.05, 0) is 18.2 Å². The van der Waals surface area contributed by atoms with E-state index in [0.29, 0.717) is 30.7 Å². The summed E-state index contributed by atoms with van der Waals surface area (Å²) in [6, 6.07) is 7.31. The maximum Gasteiger partial charge on any atom is 0.191 e. The first kappa shape index (κ1) is 19.5. The lowest BCUT2D eigenvalue weighted by atomic mass is 10.3. The van der Waals surface area contributed by atoms with Gasteiger partial charge in [-0.2, -0.15) is 5.10 Å². The minimum atomic E-state index is 0. The van der Waals surface area contributed by atoms with E-state index in [-0.39, 0.29) is 24.0 Å². The van der Waals surface area contributed by atoms with Gasteiger partial charge in [-0.1, -0.05) is 17.7 Å². The molecule has 0 aliphatic rings. The Balaban J connectivity index is 0.00000264. The summed E-state index contributed by atoms with van der Waals surface area (Å²) in [5, 5.41) is 11.0. The second-order valence-corrected chi connectivity index (χ2v) is 4.89. The van der Waals surface area contributed by atoms with Crippen molar-refractivity contribution in [2.45, 2.75) is 6.54 Å². The number of benzene rings is 1. The number of hydrogen-bond donors (Lipinski definition) is 2. The van der Waals surface area contributed by atoms with Crippen molar-refractivity contribution < 1.29 is 4.74 Å². The van der Waals surface area contributed by atoms with Gasteiger partial charge < -0.3 is 15.4 Å². The monoisotopic (exact) mass is 450 g/mol. The largest absolute Gasteiger partial charge is 0.492 e. The minimum absolute atomic E-state index is 0. The number of hydrogen-bond acceptors (Lipinski definition) is 4. The molecule has 23 heavy (non-hydrogen) atoms. The lowest BCUT2D eigenvalue weighted by Crippen LogP contribution is -2.39. The first-order valence-electron chi connectivity index (χ1n) is 6.85. The fourth-order valence-electron chi connectivity index (χ4n) is 1.76. The van der Waals surface area contributed by atoms with E-state index in [1.54, 1.807) is 17.8 Å². The summed E-state index contributed by atoms with van der Waals surface area (Å²) in [7, 11) is 3.56. The Morgan fingerprint density at radius 2 is 2.22 bits per heavy atom. The highest BCUT2D eigenvalue weighted by molar-refractivity contribution is 14.0. The molecule has 1 aromatic carbocycles. The minimum Gasteiger partial charge on any atom is -0.492 e. The average Bonchev–Trinajstić information content (AvgIpc) is 2.92. The highest BCUT2D eigenvalue weighted by Crippen LogP contribution is 2.16. The molecule has 7 nitrogen and oxygen atoms in total. The van der Waals surface area contributed by atoms with Crippen LogP contribution in [0.2, 0.25) is 5.02 Å². The fraction of sp³-hybridized carbons (Fsp3) is 0.357. The molecule has 0 aliphatic heterocycles. The van der Waals surface area contributed by atoms with E-state index in [1.165, 1.54) is 6.33 Å². The van der Waals surface area contributed by atoms with Crippen LogP contribution in [0.5, 0.6) is 5.75 Å². The van der Waals surface area contributed by atoms with Crippen LogP contribution >= 0.6 is 35.6 Å². The number of nitrogens with one attached hydrogen (secondary N) is 2. The third kappa shape index (κ3) is 6.61. The molecule has 1 aromatic heterocycles. The molecule has 0 aliphatic carbocycles. The van der Waals surface area contributed by atoms with E-state index < -0.39 is 0 Å². The van der Waals surface area contributed by atoms with Crippen LogP contribution < -0.4 is 15.4 Å². The molecule has 0 spiro atoms. The Hall–Kier alpha value is -1.55. The Kier molecular flexibility index (Phi) is 8.70. The number of halogens is 2. The van der Waals surface area contributed by atoms with Gasteiger partial charge in [-0.25, -0.2) is 4.98 Å². The Bertz CT molecular complexity index is 633. The third-order valence-corrected chi connectivity index (χ3v) is 3.14. The average molecular weight is 451 g/mol. The molecule has 0 saturated heterocycles. The Morgan fingerprint density at radius 1 is 1.39 bits per heavy atom. The van der Waals surface area contributed by atoms with Crippen molar-refractivity contribution in [2.75, 3.05) is 20.2 Å². The van der Waals surface area contributed by atoms with Crippen LogP contribution in [0.4, 0.5) is 0 Å². The first-order valence-corrected chi connectivity index (χ1v) is 7.22. The number of ether oxygens (including phenoxy) is 1. The second kappa shape index (κ2) is 10.3. The van der Waals surface area contributed by atoms with Crippen molar-refractivity contribution in [1.29, 1.82) is 0 Å². The fourth-order valence-corrected chi connectivity index (χ4v) is 1.94. The topological polar surface area (TPSA) is 76.4 Å². The van der Waals surface area contributed by atoms with Crippen molar-refractivity contribution in [1.82, 2.24) is 25.4 Å². The van der Waals surface area contributed by atoms with Gasteiger partial charge in [0.2, 0.25) is 0 Å². The normalized spacial score (nSPS) is 10.8. The molecule has 0 bridgehead atoms. The van der Waals surface area contributed by atoms with E-state index >= 15 is 0 Å². The van der Waals surface area contributed by atoms with Crippen LogP contribution in [-0.4, -0.2) is 40.9 Å². The predicted molar refractivity (Wildman–Crippen MR) is 102 cm³/mol. The lowest BCUT2D eigenvalue weighted by molar-refractivity contribution is 0.322. The zero-order valence-electron chi connectivity index (χ0n) is 13.0. The Morgan fingerprint density at radius 3 is 2.87 bits per heavy atom. The molecule has 9 heteroatoms. The van der Waals surface area contributed by atoms with Crippen LogP contribution in [0.3, 0.4) is 0 Å². The summed E-state index contributed by atoms with van der Waals surface area (Å²) in [5.41, 5.74) is 0. The number of aliphatic imine (C=N–C) groups is 1. The summed E-state index contributed by atoms with van der Waals surface area (Å²) >= 11 is 5.90. The molecule has 0 fully saturated rings. The van der Waals surface area contributed by atoms with Crippen molar-refractivity contribution >= 4 is 41.5 Å². The van der Waals surface area contributed by atoms with Crippen LogP contribution in [0.1, 0.15) is 5.82 Å². The van der Waals surface area contributed by atoms with E-state index in [0.717, 1.165) is 11.6 Å². The summed E-state index contributed by atoms with van der Waals surface area (Å²) in [6.07, 6.45) is 1.52.